The van der Waals surface area contributed by atoms with E-state index in [1.54, 1.807) is 0 Å². The molecule has 1 unspecified atom stereocenters. The zero-order valence-electron chi connectivity index (χ0n) is 9.18. The Balaban J connectivity index is 0.00000225. The van der Waals surface area contributed by atoms with Crippen molar-refractivity contribution in [1.29, 1.82) is 0 Å². The van der Waals surface area contributed by atoms with Gasteiger partial charge in [0, 0.05) is 12.6 Å². The van der Waals surface area contributed by atoms with E-state index in [-0.39, 0.29) is 18.5 Å². The predicted octanol–water partition coefficient (Wildman–Crippen LogP) is 2.36. The maximum absolute atomic E-state index is 11.0. The lowest BCUT2D eigenvalue weighted by molar-refractivity contribution is -0.142. The van der Waals surface area contributed by atoms with E-state index < -0.39 is 5.97 Å². The third kappa shape index (κ3) is 3.68. The Hall–Kier alpha value is -1.32. The van der Waals surface area contributed by atoms with Gasteiger partial charge in [0.15, 0.2) is 0 Å². The van der Waals surface area contributed by atoms with Gasteiger partial charge in [0.05, 0.1) is 0 Å². The first kappa shape index (κ1) is 14.7. The van der Waals surface area contributed by atoms with E-state index in [0.717, 1.165) is 17.2 Å². The summed E-state index contributed by atoms with van der Waals surface area (Å²) in [6.07, 6.45) is 0.858. The Labute approximate surface area is 102 Å². The topological polar surface area (TPSA) is 52.3 Å². The van der Waals surface area contributed by atoms with Gasteiger partial charge in [-0.05, 0) is 18.1 Å². The van der Waals surface area contributed by atoms with E-state index in [4.69, 9.17) is 10.5 Å². The van der Waals surface area contributed by atoms with Crippen LogP contribution in [-0.4, -0.2) is 5.97 Å². The molecule has 0 aliphatic carbocycles. The van der Waals surface area contributed by atoms with Crippen LogP contribution in [0.1, 0.15) is 24.2 Å². The standard InChI is InChI=1S/C12H15NO2.ClH/c1-3-12(14)15-9(2)11-7-5-4-6-10(11)8-13;/h3-7,9H,1,8,13H2,2H3;1H. The smallest absolute Gasteiger partial charge is 0.330 e. The number of carbonyl (C=O) groups excluding carboxylic acids is 1. The van der Waals surface area contributed by atoms with Gasteiger partial charge >= 0.3 is 5.97 Å². The molecule has 3 nitrogen and oxygen atoms in total. The normalized spacial score (nSPS) is 11.1. The predicted molar refractivity (Wildman–Crippen MR) is 66.3 cm³/mol. The maximum atomic E-state index is 11.0. The molecule has 88 valence electrons. The van der Waals surface area contributed by atoms with Gasteiger partial charge < -0.3 is 10.5 Å². The van der Waals surface area contributed by atoms with Gasteiger partial charge in [0.2, 0.25) is 0 Å². The second-order valence-corrected chi connectivity index (χ2v) is 3.19. The quantitative estimate of drug-likeness (QED) is 0.650. The van der Waals surface area contributed by atoms with Crippen molar-refractivity contribution in [2.24, 2.45) is 5.73 Å². The van der Waals surface area contributed by atoms with Gasteiger partial charge in [-0.25, -0.2) is 4.79 Å². The van der Waals surface area contributed by atoms with Crippen LogP contribution in [0.2, 0.25) is 0 Å². The highest BCUT2D eigenvalue weighted by Gasteiger charge is 2.12. The Morgan fingerprint density at radius 1 is 1.56 bits per heavy atom. The molecule has 0 amide bonds. The van der Waals surface area contributed by atoms with Gasteiger partial charge in [-0.3, -0.25) is 0 Å². The summed E-state index contributed by atoms with van der Waals surface area (Å²) < 4.78 is 5.12. The summed E-state index contributed by atoms with van der Waals surface area (Å²) in [7, 11) is 0. The van der Waals surface area contributed by atoms with Crippen LogP contribution in [0.4, 0.5) is 0 Å². The largest absolute Gasteiger partial charge is 0.455 e. The summed E-state index contributed by atoms with van der Waals surface area (Å²) in [5.74, 6) is -0.422. The summed E-state index contributed by atoms with van der Waals surface area (Å²) in [4.78, 5) is 11.0. The third-order valence-corrected chi connectivity index (χ3v) is 2.17. The van der Waals surface area contributed by atoms with Crippen LogP contribution < -0.4 is 5.73 Å². The summed E-state index contributed by atoms with van der Waals surface area (Å²) >= 11 is 0. The SMILES string of the molecule is C=CC(=O)OC(C)c1ccccc1CN.Cl. The molecule has 0 saturated carbocycles. The third-order valence-electron chi connectivity index (χ3n) is 2.17. The fourth-order valence-corrected chi connectivity index (χ4v) is 1.40. The first-order valence-electron chi connectivity index (χ1n) is 4.80. The molecule has 0 saturated heterocycles. The molecule has 0 bridgehead atoms. The molecule has 0 aromatic heterocycles. The van der Waals surface area contributed by atoms with Crippen molar-refractivity contribution in [3.8, 4) is 0 Å². The van der Waals surface area contributed by atoms with E-state index in [0.29, 0.717) is 6.54 Å². The van der Waals surface area contributed by atoms with Gasteiger partial charge in [-0.2, -0.15) is 0 Å². The lowest BCUT2D eigenvalue weighted by Crippen LogP contribution is -2.10. The maximum Gasteiger partial charge on any atom is 0.330 e. The highest BCUT2D eigenvalue weighted by atomic mass is 35.5. The zero-order valence-corrected chi connectivity index (χ0v) is 10.00. The molecule has 0 spiro atoms. The van der Waals surface area contributed by atoms with Gasteiger partial charge in [-0.1, -0.05) is 30.8 Å². The van der Waals surface area contributed by atoms with Crippen LogP contribution in [0.5, 0.6) is 0 Å². The molecule has 0 fully saturated rings. The molecule has 0 radical (unpaired) electrons. The average Bonchev–Trinajstić information content (AvgIpc) is 2.28. The van der Waals surface area contributed by atoms with E-state index >= 15 is 0 Å². The van der Waals surface area contributed by atoms with Crippen molar-refractivity contribution < 1.29 is 9.53 Å². The van der Waals surface area contributed by atoms with Crippen LogP contribution in [0.3, 0.4) is 0 Å². The lowest BCUT2D eigenvalue weighted by Gasteiger charge is -2.15. The number of ether oxygens (including phenoxy) is 1. The Morgan fingerprint density at radius 3 is 2.75 bits per heavy atom. The van der Waals surface area contributed by atoms with Crippen LogP contribution in [0.15, 0.2) is 36.9 Å². The minimum atomic E-state index is -0.422. The Kier molecular flexibility index (Phi) is 6.46. The number of carbonyl (C=O) groups is 1. The zero-order chi connectivity index (χ0) is 11.3. The highest BCUT2D eigenvalue weighted by molar-refractivity contribution is 5.85. The fraction of sp³-hybridized carbons (Fsp3) is 0.250. The molecule has 1 atom stereocenters. The Morgan fingerprint density at radius 2 is 2.19 bits per heavy atom. The van der Waals surface area contributed by atoms with Gasteiger partial charge in [-0.15, -0.1) is 12.4 Å². The number of nitrogens with two attached hydrogens (primary N) is 1. The van der Waals surface area contributed by atoms with Gasteiger partial charge in [0.25, 0.3) is 0 Å². The summed E-state index contributed by atoms with van der Waals surface area (Å²) in [6, 6.07) is 7.64. The first-order valence-corrected chi connectivity index (χ1v) is 4.80. The van der Waals surface area contributed by atoms with Crippen molar-refractivity contribution in [1.82, 2.24) is 0 Å². The molecule has 4 heteroatoms. The lowest BCUT2D eigenvalue weighted by atomic mass is 10.0. The van der Waals surface area contributed by atoms with Crippen molar-refractivity contribution in [2.45, 2.75) is 19.6 Å². The van der Waals surface area contributed by atoms with E-state index in [1.807, 2.05) is 31.2 Å². The number of benzene rings is 1. The van der Waals surface area contributed by atoms with E-state index in [1.165, 1.54) is 0 Å². The molecule has 1 aromatic rings. The number of hydrogen-bond donors (Lipinski definition) is 1. The fourth-order valence-electron chi connectivity index (χ4n) is 1.40. The van der Waals surface area contributed by atoms with E-state index in [9.17, 15) is 4.79 Å². The monoisotopic (exact) mass is 241 g/mol. The highest BCUT2D eigenvalue weighted by Crippen LogP contribution is 2.20. The summed E-state index contributed by atoms with van der Waals surface area (Å²) in [5.41, 5.74) is 7.52. The number of halogens is 1. The van der Waals surface area contributed by atoms with Crippen molar-refractivity contribution in [3.05, 3.63) is 48.0 Å². The average molecular weight is 242 g/mol. The molecular formula is C12H16ClNO2. The minimum absolute atomic E-state index is 0. The summed E-state index contributed by atoms with van der Waals surface area (Å²) in [5, 5.41) is 0. The van der Waals surface area contributed by atoms with Crippen LogP contribution in [0, 0.1) is 0 Å². The number of esters is 1. The Bertz CT molecular complexity index is 366. The molecule has 16 heavy (non-hydrogen) atoms. The van der Waals surface area contributed by atoms with Crippen molar-refractivity contribution >= 4 is 18.4 Å². The second-order valence-electron chi connectivity index (χ2n) is 3.19. The van der Waals surface area contributed by atoms with E-state index in [2.05, 4.69) is 6.58 Å². The van der Waals surface area contributed by atoms with Crippen molar-refractivity contribution in [3.63, 3.8) is 0 Å². The molecule has 0 aliphatic heterocycles. The van der Waals surface area contributed by atoms with Crippen LogP contribution >= 0.6 is 12.4 Å². The molecule has 0 aliphatic rings. The van der Waals surface area contributed by atoms with Crippen LogP contribution in [-0.2, 0) is 16.1 Å². The number of hydrogen-bond acceptors (Lipinski definition) is 3. The van der Waals surface area contributed by atoms with Crippen molar-refractivity contribution in [2.75, 3.05) is 0 Å². The molecular weight excluding hydrogens is 226 g/mol. The summed E-state index contributed by atoms with van der Waals surface area (Å²) in [6.45, 7) is 5.60. The molecule has 0 heterocycles. The van der Waals surface area contributed by atoms with Gasteiger partial charge in [0.1, 0.15) is 6.10 Å². The van der Waals surface area contributed by atoms with Crippen LogP contribution in [0.25, 0.3) is 0 Å². The molecule has 2 N–H and O–H groups in total. The second kappa shape index (κ2) is 7.04. The molecule has 1 aromatic carbocycles. The number of rotatable bonds is 4. The first-order chi connectivity index (χ1) is 7.19. The molecule has 1 rings (SSSR count). The minimum Gasteiger partial charge on any atom is -0.455 e.